The van der Waals surface area contributed by atoms with Crippen LogP contribution in [0.5, 0.6) is 0 Å². The fourth-order valence-electron chi connectivity index (χ4n) is 0.738. The Bertz CT molecular complexity index is 294. The highest BCUT2D eigenvalue weighted by Gasteiger charge is 1.86. The van der Waals surface area contributed by atoms with Crippen molar-refractivity contribution in [2.75, 3.05) is 0 Å². The zero-order valence-corrected chi connectivity index (χ0v) is 5.95. The Morgan fingerprint density at radius 2 is 2.00 bits per heavy atom. The molecule has 2 heteroatoms. The van der Waals surface area contributed by atoms with Gasteiger partial charge in [-0.15, -0.1) is 0 Å². The third-order valence-corrected chi connectivity index (χ3v) is 1.30. The lowest BCUT2D eigenvalue weighted by Gasteiger charge is -1.91. The molecule has 0 radical (unpaired) electrons. The quantitative estimate of drug-likeness (QED) is 0.463. The molecular weight excluding hydrogens is 138 g/mol. The molecule has 0 saturated heterocycles. The molecule has 11 heavy (non-hydrogen) atoms. The Morgan fingerprint density at radius 1 is 1.36 bits per heavy atom. The van der Waals surface area contributed by atoms with E-state index in [9.17, 15) is 4.79 Å². The summed E-state index contributed by atoms with van der Waals surface area (Å²) in [7, 11) is 0. The first-order chi connectivity index (χ1) is 5.36. The van der Waals surface area contributed by atoms with Crippen molar-refractivity contribution >= 4 is 17.8 Å². The van der Waals surface area contributed by atoms with Crippen LogP contribution in [0.25, 0.3) is 6.08 Å². The highest BCUT2D eigenvalue weighted by atomic mass is 16.1. The number of carbonyl (C=O) groups excluding carboxylic acids is 1. The van der Waals surface area contributed by atoms with Gasteiger partial charge in [0.25, 0.3) is 0 Å². The molecule has 0 aliphatic carbocycles. The van der Waals surface area contributed by atoms with Crippen molar-refractivity contribution in [1.82, 2.24) is 0 Å². The molecule has 1 rings (SSSR count). The molecule has 0 bridgehead atoms. The van der Waals surface area contributed by atoms with Crippen molar-refractivity contribution in [3.63, 3.8) is 0 Å². The molecule has 0 fully saturated rings. The number of benzene rings is 1. The monoisotopic (exact) mass is 145 g/mol. The van der Waals surface area contributed by atoms with Crippen molar-refractivity contribution in [2.45, 2.75) is 0 Å². The molecule has 2 nitrogen and oxygen atoms in total. The minimum absolute atomic E-state index is 0.616. The predicted octanol–water partition coefficient (Wildman–Crippen LogP) is 2.30. The van der Waals surface area contributed by atoms with E-state index in [0.717, 1.165) is 5.56 Å². The van der Waals surface area contributed by atoms with Crippen LogP contribution in [0.4, 0.5) is 5.69 Å². The molecule has 0 aliphatic heterocycles. The molecule has 0 spiro atoms. The van der Waals surface area contributed by atoms with Gasteiger partial charge in [-0.3, -0.25) is 0 Å². The van der Waals surface area contributed by atoms with E-state index in [1.165, 1.54) is 6.08 Å². The van der Waals surface area contributed by atoms with Crippen molar-refractivity contribution in [3.8, 4) is 0 Å². The lowest BCUT2D eigenvalue weighted by atomic mass is 10.2. The molecule has 1 aromatic rings. The summed E-state index contributed by atoms with van der Waals surface area (Å²) in [6.45, 7) is 3.60. The van der Waals surface area contributed by atoms with Gasteiger partial charge >= 0.3 is 0 Å². The van der Waals surface area contributed by atoms with Crippen LogP contribution in [0.1, 0.15) is 5.56 Å². The van der Waals surface area contributed by atoms with E-state index in [-0.39, 0.29) is 0 Å². The fourth-order valence-corrected chi connectivity index (χ4v) is 0.738. The number of aliphatic imine (C=N–C) groups is 1. The lowest BCUT2D eigenvalue weighted by Crippen LogP contribution is -1.68. The van der Waals surface area contributed by atoms with Crippen LogP contribution in [0, 0.1) is 0 Å². The second-order valence-corrected chi connectivity index (χ2v) is 2.00. The topological polar surface area (TPSA) is 29.4 Å². The third-order valence-electron chi connectivity index (χ3n) is 1.30. The van der Waals surface area contributed by atoms with Crippen LogP contribution < -0.4 is 0 Å². The summed E-state index contributed by atoms with van der Waals surface area (Å²) in [5.41, 5.74) is 1.63. The molecular formula is C9H7NO. The van der Waals surface area contributed by atoms with E-state index in [0.29, 0.717) is 5.69 Å². The minimum Gasteiger partial charge on any atom is -0.211 e. The molecule has 54 valence electrons. The first-order valence-corrected chi connectivity index (χ1v) is 3.17. The van der Waals surface area contributed by atoms with E-state index in [1.807, 2.05) is 12.1 Å². The number of hydrogen-bond donors (Lipinski definition) is 0. The first kappa shape index (κ1) is 7.45. The van der Waals surface area contributed by atoms with Gasteiger partial charge in [0.05, 0.1) is 5.69 Å². The summed E-state index contributed by atoms with van der Waals surface area (Å²) in [5, 5.41) is 0. The first-order valence-electron chi connectivity index (χ1n) is 3.17. The maximum absolute atomic E-state index is 9.82. The number of isocyanates is 1. The van der Waals surface area contributed by atoms with Gasteiger partial charge in [-0.05, 0) is 17.7 Å². The van der Waals surface area contributed by atoms with Gasteiger partial charge in [-0.1, -0.05) is 24.8 Å². The van der Waals surface area contributed by atoms with Crippen molar-refractivity contribution in [1.29, 1.82) is 0 Å². The van der Waals surface area contributed by atoms with Gasteiger partial charge in [-0.2, -0.15) is 4.99 Å². The number of hydrogen-bond acceptors (Lipinski definition) is 2. The Morgan fingerprint density at radius 3 is 2.45 bits per heavy atom. The van der Waals surface area contributed by atoms with Crippen molar-refractivity contribution < 1.29 is 4.79 Å². The standard InChI is InChI=1S/C9H7NO/c1-2-8-3-5-9(6-4-8)10-7-11/h2-6H,1H2. The van der Waals surface area contributed by atoms with Crippen LogP contribution in [-0.4, -0.2) is 6.08 Å². The van der Waals surface area contributed by atoms with Gasteiger partial charge < -0.3 is 0 Å². The highest BCUT2D eigenvalue weighted by molar-refractivity contribution is 5.54. The molecule has 0 aliphatic rings. The van der Waals surface area contributed by atoms with Crippen LogP contribution in [0.3, 0.4) is 0 Å². The second kappa shape index (κ2) is 3.49. The van der Waals surface area contributed by atoms with Crippen LogP contribution >= 0.6 is 0 Å². The number of nitrogens with zero attached hydrogens (tertiary/aromatic N) is 1. The predicted molar refractivity (Wildman–Crippen MR) is 44.3 cm³/mol. The molecule has 0 atom stereocenters. The Hall–Kier alpha value is -1.66. The Kier molecular flexibility index (Phi) is 2.37. The largest absolute Gasteiger partial charge is 0.240 e. The fraction of sp³-hybridized carbons (Fsp3) is 0. The van der Waals surface area contributed by atoms with E-state index < -0.39 is 0 Å². The Labute approximate surface area is 64.9 Å². The average molecular weight is 145 g/mol. The van der Waals surface area contributed by atoms with Crippen LogP contribution in [-0.2, 0) is 4.79 Å². The molecule has 1 aromatic carbocycles. The van der Waals surface area contributed by atoms with E-state index in [1.54, 1.807) is 18.2 Å². The van der Waals surface area contributed by atoms with Gasteiger partial charge in [0, 0.05) is 0 Å². The zero-order valence-electron chi connectivity index (χ0n) is 5.95. The second-order valence-electron chi connectivity index (χ2n) is 2.00. The van der Waals surface area contributed by atoms with Gasteiger partial charge in [0.15, 0.2) is 0 Å². The average Bonchev–Trinajstić information content (AvgIpc) is 2.07. The van der Waals surface area contributed by atoms with Gasteiger partial charge in [0.1, 0.15) is 0 Å². The summed E-state index contributed by atoms with van der Waals surface area (Å²) >= 11 is 0. The SMILES string of the molecule is C=Cc1ccc(N=C=O)cc1. The van der Waals surface area contributed by atoms with Crippen molar-refractivity contribution in [3.05, 3.63) is 36.4 Å². The maximum Gasteiger partial charge on any atom is 0.240 e. The molecule has 0 saturated carbocycles. The molecule has 0 amide bonds. The molecule has 0 heterocycles. The zero-order chi connectivity index (χ0) is 8.10. The Balaban J connectivity index is 2.99. The summed E-state index contributed by atoms with van der Waals surface area (Å²) in [5.74, 6) is 0. The van der Waals surface area contributed by atoms with E-state index >= 15 is 0 Å². The van der Waals surface area contributed by atoms with E-state index in [2.05, 4.69) is 11.6 Å². The lowest BCUT2D eigenvalue weighted by molar-refractivity contribution is 0.565. The summed E-state index contributed by atoms with van der Waals surface area (Å²) in [6.07, 6.45) is 3.20. The summed E-state index contributed by atoms with van der Waals surface area (Å²) < 4.78 is 0. The molecule has 0 N–H and O–H groups in total. The van der Waals surface area contributed by atoms with Crippen LogP contribution in [0.2, 0.25) is 0 Å². The molecule has 0 aromatic heterocycles. The van der Waals surface area contributed by atoms with Crippen molar-refractivity contribution in [2.24, 2.45) is 4.99 Å². The number of rotatable bonds is 2. The normalized spacial score (nSPS) is 8.36. The smallest absolute Gasteiger partial charge is 0.211 e. The minimum atomic E-state index is 0.616. The van der Waals surface area contributed by atoms with E-state index in [4.69, 9.17) is 0 Å². The molecule has 0 unspecified atom stereocenters. The van der Waals surface area contributed by atoms with Gasteiger partial charge in [0.2, 0.25) is 6.08 Å². The maximum atomic E-state index is 9.82. The highest BCUT2D eigenvalue weighted by Crippen LogP contribution is 2.12. The summed E-state index contributed by atoms with van der Waals surface area (Å²) in [6, 6.07) is 7.15. The van der Waals surface area contributed by atoms with Crippen LogP contribution in [0.15, 0.2) is 35.8 Å². The van der Waals surface area contributed by atoms with Gasteiger partial charge in [-0.25, -0.2) is 4.79 Å². The third kappa shape index (κ3) is 1.88. The summed E-state index contributed by atoms with van der Waals surface area (Å²) in [4.78, 5) is 13.3.